The van der Waals surface area contributed by atoms with E-state index in [9.17, 15) is 13.2 Å². The van der Waals surface area contributed by atoms with Crippen molar-refractivity contribution >= 4 is 44.4 Å². The summed E-state index contributed by atoms with van der Waals surface area (Å²) in [4.78, 5) is 17.6. The predicted octanol–water partition coefficient (Wildman–Crippen LogP) is 4.76. The van der Waals surface area contributed by atoms with Crippen LogP contribution in [0.1, 0.15) is 33.3 Å². The average Bonchev–Trinajstić information content (AvgIpc) is 3.11. The lowest BCUT2D eigenvalue weighted by molar-refractivity contribution is -0.113. The van der Waals surface area contributed by atoms with E-state index < -0.39 is 10.0 Å². The SMILES string of the molecule is CCN(CC)S(=O)(=O)c1cc(NC(=O)CSc2nc3ccccc3n2CC(C)C)ccc1C. The number of aryl methyl sites for hydroxylation is 1. The number of thioether (sulfide) groups is 1. The third-order valence-corrected chi connectivity index (χ3v) is 8.46. The van der Waals surface area contributed by atoms with Crippen LogP contribution in [0.4, 0.5) is 5.69 Å². The van der Waals surface area contributed by atoms with Gasteiger partial charge < -0.3 is 9.88 Å². The number of anilines is 1. The molecule has 0 spiro atoms. The van der Waals surface area contributed by atoms with Gasteiger partial charge in [0.15, 0.2) is 5.16 Å². The van der Waals surface area contributed by atoms with Crippen LogP contribution in [0.5, 0.6) is 0 Å². The van der Waals surface area contributed by atoms with Crippen LogP contribution < -0.4 is 5.32 Å². The molecule has 0 atom stereocenters. The Hall–Kier alpha value is -2.36. The number of hydrogen-bond donors (Lipinski definition) is 1. The third-order valence-electron chi connectivity index (χ3n) is 5.29. The van der Waals surface area contributed by atoms with Gasteiger partial charge in [-0.05, 0) is 42.7 Å². The van der Waals surface area contributed by atoms with Crippen molar-refractivity contribution in [2.24, 2.45) is 5.92 Å². The monoisotopic (exact) mass is 488 g/mol. The number of fused-ring (bicyclic) bond motifs is 1. The Bertz CT molecular complexity index is 1230. The van der Waals surface area contributed by atoms with Crippen LogP contribution in [0.15, 0.2) is 52.5 Å². The first-order valence-electron chi connectivity index (χ1n) is 11.2. The number of sulfonamides is 1. The number of hydrogen-bond acceptors (Lipinski definition) is 5. The van der Waals surface area contributed by atoms with E-state index in [1.165, 1.54) is 16.1 Å². The molecule has 0 bridgehead atoms. The number of carbonyl (C=O) groups is 1. The van der Waals surface area contributed by atoms with Crippen LogP contribution in [0.2, 0.25) is 0 Å². The number of benzene rings is 2. The van der Waals surface area contributed by atoms with Crippen LogP contribution in [-0.4, -0.2) is 47.0 Å². The van der Waals surface area contributed by atoms with Crippen molar-refractivity contribution in [1.82, 2.24) is 13.9 Å². The van der Waals surface area contributed by atoms with Gasteiger partial charge in [-0.15, -0.1) is 0 Å². The lowest BCUT2D eigenvalue weighted by Crippen LogP contribution is -2.31. The van der Waals surface area contributed by atoms with Gasteiger partial charge in [-0.1, -0.05) is 57.7 Å². The normalized spacial score (nSPS) is 12.1. The van der Waals surface area contributed by atoms with Crippen molar-refractivity contribution in [2.45, 2.75) is 51.2 Å². The molecule has 1 aromatic heterocycles. The van der Waals surface area contributed by atoms with E-state index >= 15 is 0 Å². The van der Waals surface area contributed by atoms with E-state index in [1.807, 2.05) is 38.1 Å². The molecule has 1 N–H and O–H groups in total. The molecule has 178 valence electrons. The van der Waals surface area contributed by atoms with Gasteiger partial charge in [0.2, 0.25) is 15.9 Å². The minimum Gasteiger partial charge on any atom is -0.325 e. The molecule has 3 rings (SSSR count). The molecule has 9 heteroatoms. The summed E-state index contributed by atoms with van der Waals surface area (Å²) in [5.74, 6) is 0.403. The summed E-state index contributed by atoms with van der Waals surface area (Å²) in [7, 11) is -3.61. The van der Waals surface area contributed by atoms with Crippen molar-refractivity contribution in [3.8, 4) is 0 Å². The number of amides is 1. The van der Waals surface area contributed by atoms with E-state index in [1.54, 1.807) is 25.1 Å². The second-order valence-electron chi connectivity index (χ2n) is 8.29. The molecule has 33 heavy (non-hydrogen) atoms. The second kappa shape index (κ2) is 10.7. The van der Waals surface area contributed by atoms with E-state index in [0.717, 1.165) is 22.7 Å². The maximum Gasteiger partial charge on any atom is 0.243 e. The second-order valence-corrected chi connectivity index (χ2v) is 11.1. The van der Waals surface area contributed by atoms with Gasteiger partial charge in [0, 0.05) is 25.3 Å². The van der Waals surface area contributed by atoms with Crippen molar-refractivity contribution in [1.29, 1.82) is 0 Å². The largest absolute Gasteiger partial charge is 0.325 e. The summed E-state index contributed by atoms with van der Waals surface area (Å²) in [5, 5.41) is 3.64. The molecule has 0 fully saturated rings. The number of carbonyl (C=O) groups excluding carboxylic acids is 1. The fourth-order valence-electron chi connectivity index (χ4n) is 3.69. The molecular weight excluding hydrogens is 456 g/mol. The van der Waals surface area contributed by atoms with Crippen molar-refractivity contribution < 1.29 is 13.2 Å². The molecule has 0 aliphatic carbocycles. The number of nitrogens with one attached hydrogen (secondary N) is 1. The van der Waals surface area contributed by atoms with Crippen LogP contribution >= 0.6 is 11.8 Å². The molecule has 0 radical (unpaired) electrons. The molecule has 3 aromatic rings. The molecular formula is C24H32N4O3S2. The molecule has 0 aliphatic rings. The van der Waals surface area contributed by atoms with E-state index in [0.29, 0.717) is 30.3 Å². The zero-order valence-corrected chi connectivity index (χ0v) is 21.5. The first-order chi connectivity index (χ1) is 15.7. The van der Waals surface area contributed by atoms with Crippen LogP contribution in [0.3, 0.4) is 0 Å². The van der Waals surface area contributed by atoms with E-state index in [2.05, 4.69) is 23.7 Å². The van der Waals surface area contributed by atoms with E-state index in [4.69, 9.17) is 4.98 Å². The minimum absolute atomic E-state index is 0.174. The Balaban J connectivity index is 1.76. The molecule has 0 aliphatic heterocycles. The summed E-state index contributed by atoms with van der Waals surface area (Å²) in [5.41, 5.74) is 3.08. The number of aromatic nitrogens is 2. The zero-order valence-electron chi connectivity index (χ0n) is 19.8. The molecule has 1 heterocycles. The Kier molecular flexibility index (Phi) is 8.20. The topological polar surface area (TPSA) is 84.3 Å². The third kappa shape index (κ3) is 5.77. The molecule has 2 aromatic carbocycles. The summed E-state index contributed by atoms with van der Waals surface area (Å²) in [6.07, 6.45) is 0. The highest BCUT2D eigenvalue weighted by Gasteiger charge is 2.24. The fourth-order valence-corrected chi connectivity index (χ4v) is 6.22. The highest BCUT2D eigenvalue weighted by molar-refractivity contribution is 7.99. The standard InChI is InChI=1S/C24H32N4O3S2/c1-6-27(7-2)33(30,31)22-14-19(13-12-18(22)5)25-23(29)16-32-24-26-20-10-8-9-11-21(20)28(24)15-17(3)4/h8-14,17H,6-7,15-16H2,1-5H3,(H,25,29). The van der Waals surface area contributed by atoms with Crippen LogP contribution in [-0.2, 0) is 21.4 Å². The Morgan fingerprint density at radius 2 is 1.85 bits per heavy atom. The van der Waals surface area contributed by atoms with E-state index in [-0.39, 0.29) is 16.6 Å². The first-order valence-corrected chi connectivity index (χ1v) is 13.6. The maximum absolute atomic E-state index is 13.0. The summed E-state index contributed by atoms with van der Waals surface area (Å²) >= 11 is 1.38. The lowest BCUT2D eigenvalue weighted by atomic mass is 10.2. The summed E-state index contributed by atoms with van der Waals surface area (Å²) < 4.78 is 29.5. The molecule has 0 saturated heterocycles. The molecule has 0 unspecified atom stereocenters. The Morgan fingerprint density at radius 3 is 2.52 bits per heavy atom. The maximum atomic E-state index is 13.0. The van der Waals surface area contributed by atoms with Gasteiger partial charge in [-0.25, -0.2) is 13.4 Å². The van der Waals surface area contributed by atoms with Crippen molar-refractivity contribution in [3.63, 3.8) is 0 Å². The van der Waals surface area contributed by atoms with Gasteiger partial charge in [-0.3, -0.25) is 4.79 Å². The number of rotatable bonds is 10. The highest BCUT2D eigenvalue weighted by Crippen LogP contribution is 2.27. The first kappa shape index (κ1) is 25.3. The quantitative estimate of drug-likeness (QED) is 0.416. The zero-order chi connectivity index (χ0) is 24.2. The molecule has 7 nitrogen and oxygen atoms in total. The summed E-state index contributed by atoms with van der Waals surface area (Å²) in [6.45, 7) is 11.3. The van der Waals surface area contributed by atoms with Gasteiger partial charge in [-0.2, -0.15) is 4.31 Å². The van der Waals surface area contributed by atoms with Crippen molar-refractivity contribution in [3.05, 3.63) is 48.0 Å². The van der Waals surface area contributed by atoms with Crippen LogP contribution in [0, 0.1) is 12.8 Å². The van der Waals surface area contributed by atoms with Crippen LogP contribution in [0.25, 0.3) is 11.0 Å². The average molecular weight is 489 g/mol. The fraction of sp³-hybridized carbons (Fsp3) is 0.417. The van der Waals surface area contributed by atoms with Gasteiger partial charge in [0.25, 0.3) is 0 Å². The smallest absolute Gasteiger partial charge is 0.243 e. The molecule has 1 amide bonds. The highest BCUT2D eigenvalue weighted by atomic mass is 32.2. The minimum atomic E-state index is -3.61. The van der Waals surface area contributed by atoms with Gasteiger partial charge in [0.05, 0.1) is 21.7 Å². The van der Waals surface area contributed by atoms with Gasteiger partial charge in [0.1, 0.15) is 0 Å². The van der Waals surface area contributed by atoms with Crippen molar-refractivity contribution in [2.75, 3.05) is 24.2 Å². The summed E-state index contributed by atoms with van der Waals surface area (Å²) in [6, 6.07) is 13.0. The number of para-hydroxylation sites is 2. The number of imidazole rings is 1. The molecule has 0 saturated carbocycles. The number of nitrogens with zero attached hydrogens (tertiary/aromatic N) is 3. The predicted molar refractivity (Wildman–Crippen MR) is 135 cm³/mol. The lowest BCUT2D eigenvalue weighted by Gasteiger charge is -2.20. The van der Waals surface area contributed by atoms with Gasteiger partial charge >= 0.3 is 0 Å². The Labute approximate surface area is 200 Å². The Morgan fingerprint density at radius 1 is 1.15 bits per heavy atom.